The molecule has 0 spiro atoms. The first-order chi connectivity index (χ1) is 7.60. The first-order valence-electron chi connectivity index (χ1n) is 5.23. The molecule has 88 valence electrons. The second-order valence-electron chi connectivity index (χ2n) is 3.71. The zero-order valence-electron chi connectivity index (χ0n) is 9.22. The number of carbonyl (C=O) groups excluding carboxylic acids is 1. The van der Waals surface area contributed by atoms with Crippen LogP contribution in [0.1, 0.15) is 13.3 Å². The van der Waals surface area contributed by atoms with E-state index in [9.17, 15) is 9.59 Å². The minimum atomic E-state index is -0.857. The molecule has 1 fully saturated rings. The van der Waals surface area contributed by atoms with Crippen molar-refractivity contribution in [2.45, 2.75) is 13.3 Å². The third kappa shape index (κ3) is 2.63. The Morgan fingerprint density at radius 1 is 1.56 bits per heavy atom. The maximum atomic E-state index is 11.8. The van der Waals surface area contributed by atoms with Gasteiger partial charge in [0.25, 0.3) is 0 Å². The molecule has 1 heterocycles. The molecule has 1 N–H and O–H groups in total. The van der Waals surface area contributed by atoms with Crippen LogP contribution in [-0.2, 0) is 4.79 Å². The maximum absolute atomic E-state index is 11.8. The fourth-order valence-electron chi connectivity index (χ4n) is 1.56. The summed E-state index contributed by atoms with van der Waals surface area (Å²) in [4.78, 5) is 25.4. The lowest BCUT2D eigenvalue weighted by atomic mass is 10.0. The number of amides is 2. The van der Waals surface area contributed by atoms with Crippen molar-refractivity contribution < 1.29 is 14.7 Å². The van der Waals surface area contributed by atoms with Crippen LogP contribution in [0.25, 0.3) is 0 Å². The van der Waals surface area contributed by atoms with Crippen molar-refractivity contribution in [1.29, 1.82) is 5.26 Å². The van der Waals surface area contributed by atoms with Crippen LogP contribution in [0.4, 0.5) is 4.79 Å². The predicted octanol–water partition coefficient (Wildman–Crippen LogP) is 0.358. The van der Waals surface area contributed by atoms with E-state index in [1.807, 2.05) is 13.0 Å². The van der Waals surface area contributed by atoms with Gasteiger partial charge in [-0.15, -0.1) is 0 Å². The quantitative estimate of drug-likeness (QED) is 0.748. The Morgan fingerprint density at radius 3 is 2.62 bits per heavy atom. The molecular formula is C10H15N3O3. The molecule has 0 bridgehead atoms. The van der Waals surface area contributed by atoms with Crippen molar-refractivity contribution in [3.8, 4) is 6.07 Å². The summed E-state index contributed by atoms with van der Waals surface area (Å²) in [5, 5.41) is 17.1. The molecule has 0 aromatic carbocycles. The second-order valence-corrected chi connectivity index (χ2v) is 3.71. The normalized spacial score (nSPS) is 15.1. The molecule has 0 aromatic rings. The number of likely N-dealkylation sites (tertiary alicyclic amines) is 1. The third-order valence-corrected chi connectivity index (χ3v) is 2.65. The summed E-state index contributed by atoms with van der Waals surface area (Å²) in [6.07, 6.45) is 0.301. The van der Waals surface area contributed by atoms with Crippen LogP contribution in [0.5, 0.6) is 0 Å². The highest BCUT2D eigenvalue weighted by atomic mass is 16.4. The van der Waals surface area contributed by atoms with Gasteiger partial charge in [-0.25, -0.2) is 4.79 Å². The fraction of sp³-hybridized carbons (Fsp3) is 0.700. The van der Waals surface area contributed by atoms with Gasteiger partial charge in [0.15, 0.2) is 0 Å². The number of rotatable bonds is 4. The van der Waals surface area contributed by atoms with Crippen molar-refractivity contribution in [2.75, 3.05) is 26.2 Å². The largest absolute Gasteiger partial charge is 0.481 e. The standard InChI is InChI=1S/C10H15N3O3/c1-2-12(5-3-4-11)10(16)13-6-8(7-13)9(14)15/h8H,2-3,5-7H2,1H3,(H,14,15). The number of carboxylic acids is 1. The predicted molar refractivity (Wildman–Crippen MR) is 55.6 cm³/mol. The van der Waals surface area contributed by atoms with Crippen molar-refractivity contribution in [3.63, 3.8) is 0 Å². The van der Waals surface area contributed by atoms with Crippen LogP contribution in [-0.4, -0.2) is 53.1 Å². The van der Waals surface area contributed by atoms with Gasteiger partial charge in [-0.1, -0.05) is 0 Å². The molecule has 0 unspecified atom stereocenters. The average molecular weight is 225 g/mol. The number of nitrogens with zero attached hydrogens (tertiary/aromatic N) is 3. The van der Waals surface area contributed by atoms with Gasteiger partial charge < -0.3 is 14.9 Å². The lowest BCUT2D eigenvalue weighted by Gasteiger charge is -2.39. The Balaban J connectivity index is 2.40. The highest BCUT2D eigenvalue weighted by molar-refractivity contribution is 5.79. The third-order valence-electron chi connectivity index (χ3n) is 2.65. The molecule has 0 atom stereocenters. The summed E-state index contributed by atoms with van der Waals surface area (Å²) >= 11 is 0. The average Bonchev–Trinajstić information content (AvgIpc) is 2.16. The molecule has 1 rings (SSSR count). The van der Waals surface area contributed by atoms with Crippen LogP contribution < -0.4 is 0 Å². The molecule has 6 nitrogen and oxygen atoms in total. The van der Waals surface area contributed by atoms with Gasteiger partial charge in [0.05, 0.1) is 18.4 Å². The molecule has 0 saturated carbocycles. The first kappa shape index (κ1) is 12.3. The number of carboxylic acid groups (broad SMARTS) is 1. The van der Waals surface area contributed by atoms with E-state index < -0.39 is 11.9 Å². The fourth-order valence-corrected chi connectivity index (χ4v) is 1.56. The molecular weight excluding hydrogens is 210 g/mol. The highest BCUT2D eigenvalue weighted by Gasteiger charge is 2.37. The number of hydrogen-bond donors (Lipinski definition) is 1. The Kier molecular flexibility index (Phi) is 4.11. The minimum absolute atomic E-state index is 0.171. The maximum Gasteiger partial charge on any atom is 0.320 e. The van der Waals surface area contributed by atoms with Crippen molar-refractivity contribution in [1.82, 2.24) is 9.80 Å². The lowest BCUT2D eigenvalue weighted by Crippen LogP contribution is -2.57. The summed E-state index contributed by atoms with van der Waals surface area (Å²) in [6.45, 7) is 3.33. The van der Waals surface area contributed by atoms with Gasteiger partial charge in [-0.05, 0) is 6.92 Å². The second kappa shape index (κ2) is 5.35. The van der Waals surface area contributed by atoms with Crippen LogP contribution in [0.15, 0.2) is 0 Å². The topological polar surface area (TPSA) is 84.6 Å². The van der Waals surface area contributed by atoms with Gasteiger partial charge >= 0.3 is 12.0 Å². The van der Waals surface area contributed by atoms with E-state index in [2.05, 4.69) is 0 Å². The summed E-state index contributed by atoms with van der Waals surface area (Å²) in [5.41, 5.74) is 0. The molecule has 0 aliphatic carbocycles. The summed E-state index contributed by atoms with van der Waals surface area (Å²) in [5.74, 6) is -1.29. The molecule has 16 heavy (non-hydrogen) atoms. The smallest absolute Gasteiger partial charge is 0.320 e. The van der Waals surface area contributed by atoms with Crippen LogP contribution in [0.2, 0.25) is 0 Å². The summed E-state index contributed by atoms with van der Waals surface area (Å²) < 4.78 is 0. The van der Waals surface area contributed by atoms with Crippen molar-refractivity contribution >= 4 is 12.0 Å². The lowest BCUT2D eigenvalue weighted by molar-refractivity contribution is -0.146. The van der Waals surface area contributed by atoms with E-state index in [1.54, 1.807) is 4.90 Å². The van der Waals surface area contributed by atoms with E-state index >= 15 is 0 Å². The zero-order chi connectivity index (χ0) is 12.1. The van der Waals surface area contributed by atoms with E-state index in [0.717, 1.165) is 0 Å². The van der Waals surface area contributed by atoms with Gasteiger partial charge in [0.2, 0.25) is 0 Å². The van der Waals surface area contributed by atoms with E-state index in [4.69, 9.17) is 10.4 Å². The molecule has 1 saturated heterocycles. The Hall–Kier alpha value is -1.77. The molecule has 1 aliphatic rings. The van der Waals surface area contributed by atoms with E-state index in [-0.39, 0.29) is 19.1 Å². The summed E-state index contributed by atoms with van der Waals surface area (Å²) in [7, 11) is 0. The molecule has 6 heteroatoms. The van der Waals surface area contributed by atoms with Gasteiger partial charge in [0.1, 0.15) is 0 Å². The SMILES string of the molecule is CCN(CCC#N)C(=O)N1CC(C(=O)O)C1. The number of urea groups is 1. The number of hydrogen-bond acceptors (Lipinski definition) is 3. The highest BCUT2D eigenvalue weighted by Crippen LogP contribution is 2.17. The van der Waals surface area contributed by atoms with Gasteiger partial charge in [0, 0.05) is 26.2 Å². The monoisotopic (exact) mass is 225 g/mol. The van der Waals surface area contributed by atoms with E-state index in [0.29, 0.717) is 19.5 Å². The molecule has 0 aromatic heterocycles. The molecule has 2 amide bonds. The minimum Gasteiger partial charge on any atom is -0.481 e. The van der Waals surface area contributed by atoms with Gasteiger partial charge in [-0.3, -0.25) is 4.79 Å². The zero-order valence-corrected chi connectivity index (χ0v) is 9.22. The molecule has 1 aliphatic heterocycles. The Bertz CT molecular complexity index is 318. The van der Waals surface area contributed by atoms with Crippen LogP contribution >= 0.6 is 0 Å². The van der Waals surface area contributed by atoms with E-state index in [1.165, 1.54) is 4.90 Å². The van der Waals surface area contributed by atoms with Crippen molar-refractivity contribution in [3.05, 3.63) is 0 Å². The first-order valence-corrected chi connectivity index (χ1v) is 5.23. The van der Waals surface area contributed by atoms with Crippen LogP contribution in [0.3, 0.4) is 0 Å². The molecule has 0 radical (unpaired) electrons. The van der Waals surface area contributed by atoms with Crippen LogP contribution in [0, 0.1) is 17.2 Å². The number of nitriles is 1. The summed E-state index contributed by atoms with van der Waals surface area (Å²) in [6, 6.07) is 1.81. The number of aliphatic carboxylic acids is 1. The number of carbonyl (C=O) groups is 2. The Morgan fingerprint density at radius 2 is 2.19 bits per heavy atom. The Labute approximate surface area is 94.0 Å². The van der Waals surface area contributed by atoms with Crippen molar-refractivity contribution in [2.24, 2.45) is 5.92 Å². The van der Waals surface area contributed by atoms with Gasteiger partial charge in [-0.2, -0.15) is 5.26 Å².